The number of ether oxygens (including phenoxy) is 3. The number of nitrogen functional groups attached to an aromatic ring is 1. The number of benzene rings is 1. The Hall–Kier alpha value is -2.48. The summed E-state index contributed by atoms with van der Waals surface area (Å²) >= 11 is 1.22. The maximum atomic E-state index is 12.8. The Kier molecular flexibility index (Phi) is 5.50. The number of nitrogens with zero attached hydrogens (tertiary/aromatic N) is 1. The zero-order valence-corrected chi connectivity index (χ0v) is 15.1. The van der Waals surface area contributed by atoms with Gasteiger partial charge in [-0.1, -0.05) is 11.3 Å². The first-order chi connectivity index (χ1) is 11.4. The average molecular weight is 351 g/mol. The quantitative estimate of drug-likeness (QED) is 0.741. The SMILES string of the molecule is COc1cc(C(=O)c2sc(NC(C)C)nc2N)cc(OC)c1OC. The third-order valence-electron chi connectivity index (χ3n) is 3.20. The first kappa shape index (κ1) is 17.9. The van der Waals surface area contributed by atoms with Gasteiger partial charge in [0.1, 0.15) is 10.7 Å². The summed E-state index contributed by atoms with van der Waals surface area (Å²) in [4.78, 5) is 17.4. The molecule has 0 bridgehead atoms. The number of methoxy groups -OCH3 is 3. The van der Waals surface area contributed by atoms with Crippen LogP contribution in [0.15, 0.2) is 12.1 Å². The van der Waals surface area contributed by atoms with E-state index in [1.54, 1.807) is 12.1 Å². The van der Waals surface area contributed by atoms with Gasteiger partial charge in [-0.2, -0.15) is 0 Å². The van der Waals surface area contributed by atoms with Crippen molar-refractivity contribution in [2.24, 2.45) is 0 Å². The number of thiazole rings is 1. The van der Waals surface area contributed by atoms with Gasteiger partial charge in [-0.25, -0.2) is 4.98 Å². The van der Waals surface area contributed by atoms with Crippen LogP contribution in [0.1, 0.15) is 29.1 Å². The summed E-state index contributed by atoms with van der Waals surface area (Å²) in [5.41, 5.74) is 6.29. The van der Waals surface area contributed by atoms with Crippen molar-refractivity contribution in [3.8, 4) is 17.2 Å². The Morgan fingerprint density at radius 3 is 2.21 bits per heavy atom. The van der Waals surface area contributed by atoms with Gasteiger partial charge < -0.3 is 25.3 Å². The van der Waals surface area contributed by atoms with Gasteiger partial charge in [0.05, 0.1) is 21.3 Å². The highest BCUT2D eigenvalue weighted by Crippen LogP contribution is 2.39. The fraction of sp³-hybridized carbons (Fsp3) is 0.375. The molecule has 130 valence electrons. The number of nitrogens with two attached hydrogens (primary N) is 1. The van der Waals surface area contributed by atoms with Crippen molar-refractivity contribution in [1.29, 1.82) is 0 Å². The molecule has 8 heteroatoms. The summed E-state index contributed by atoms with van der Waals surface area (Å²) < 4.78 is 15.8. The lowest BCUT2D eigenvalue weighted by Gasteiger charge is -2.13. The topological polar surface area (TPSA) is 95.7 Å². The van der Waals surface area contributed by atoms with Gasteiger partial charge in [0.15, 0.2) is 16.6 Å². The van der Waals surface area contributed by atoms with Gasteiger partial charge in [0.2, 0.25) is 11.5 Å². The predicted octanol–water partition coefficient (Wildman–Crippen LogP) is 2.80. The normalized spacial score (nSPS) is 10.6. The summed E-state index contributed by atoms with van der Waals surface area (Å²) in [7, 11) is 4.50. The molecule has 0 aliphatic heterocycles. The summed E-state index contributed by atoms with van der Waals surface area (Å²) in [6.45, 7) is 3.97. The number of aromatic nitrogens is 1. The fourth-order valence-electron chi connectivity index (χ4n) is 2.15. The Morgan fingerprint density at radius 2 is 1.75 bits per heavy atom. The number of rotatable bonds is 7. The van der Waals surface area contributed by atoms with E-state index in [9.17, 15) is 4.79 Å². The third kappa shape index (κ3) is 3.53. The lowest BCUT2D eigenvalue weighted by Crippen LogP contribution is -2.09. The molecule has 2 aromatic rings. The largest absolute Gasteiger partial charge is 0.493 e. The standard InChI is InChI=1S/C16H21N3O4S/c1-8(2)18-16-19-15(17)14(24-16)12(20)9-6-10(21-3)13(23-5)11(7-9)22-4/h6-8H,17H2,1-5H3,(H,18,19). The Morgan fingerprint density at radius 1 is 1.17 bits per heavy atom. The molecule has 0 atom stereocenters. The van der Waals surface area contributed by atoms with Crippen LogP contribution in [0.25, 0.3) is 0 Å². The van der Waals surface area contributed by atoms with Crippen LogP contribution in [-0.2, 0) is 0 Å². The van der Waals surface area contributed by atoms with Gasteiger partial charge in [-0.05, 0) is 26.0 Å². The van der Waals surface area contributed by atoms with E-state index >= 15 is 0 Å². The number of nitrogens with one attached hydrogen (secondary N) is 1. The number of ketones is 1. The maximum absolute atomic E-state index is 12.8. The molecule has 0 radical (unpaired) electrons. The van der Waals surface area contributed by atoms with Crippen molar-refractivity contribution >= 4 is 28.1 Å². The molecule has 0 saturated carbocycles. The number of carbonyl (C=O) groups excluding carboxylic acids is 1. The van der Waals surface area contributed by atoms with Crippen LogP contribution >= 0.6 is 11.3 Å². The van der Waals surface area contributed by atoms with Crippen molar-refractivity contribution < 1.29 is 19.0 Å². The van der Waals surface area contributed by atoms with Crippen molar-refractivity contribution in [2.45, 2.75) is 19.9 Å². The molecule has 2 rings (SSSR count). The lowest BCUT2D eigenvalue weighted by atomic mass is 10.1. The van der Waals surface area contributed by atoms with Gasteiger partial charge in [-0.15, -0.1) is 0 Å². The zero-order chi connectivity index (χ0) is 17.9. The van der Waals surface area contributed by atoms with Crippen molar-refractivity contribution in [2.75, 3.05) is 32.4 Å². The minimum absolute atomic E-state index is 0.194. The van der Waals surface area contributed by atoms with Crippen LogP contribution in [0.5, 0.6) is 17.2 Å². The minimum atomic E-state index is -0.249. The van der Waals surface area contributed by atoms with Crippen LogP contribution in [0.3, 0.4) is 0 Å². The molecule has 1 aromatic heterocycles. The van der Waals surface area contributed by atoms with E-state index in [1.807, 2.05) is 13.8 Å². The molecule has 24 heavy (non-hydrogen) atoms. The first-order valence-corrected chi connectivity index (χ1v) is 8.10. The second-order valence-corrected chi connectivity index (χ2v) is 6.27. The van der Waals surface area contributed by atoms with E-state index in [-0.39, 0.29) is 17.6 Å². The van der Waals surface area contributed by atoms with E-state index < -0.39 is 0 Å². The summed E-state index contributed by atoms with van der Waals surface area (Å²) in [5.74, 6) is 1.19. The molecule has 0 aliphatic carbocycles. The molecule has 3 N–H and O–H groups in total. The molecule has 0 aliphatic rings. The predicted molar refractivity (Wildman–Crippen MR) is 94.8 cm³/mol. The second-order valence-electron chi connectivity index (χ2n) is 5.28. The molecule has 0 spiro atoms. The average Bonchev–Trinajstić information content (AvgIpc) is 2.91. The number of hydrogen-bond donors (Lipinski definition) is 2. The molecule has 0 fully saturated rings. The van der Waals surface area contributed by atoms with Crippen molar-refractivity contribution in [3.63, 3.8) is 0 Å². The van der Waals surface area contributed by atoms with Gasteiger partial charge in [0, 0.05) is 11.6 Å². The van der Waals surface area contributed by atoms with Crippen LogP contribution < -0.4 is 25.3 Å². The molecule has 1 heterocycles. The summed E-state index contributed by atoms with van der Waals surface area (Å²) in [6.07, 6.45) is 0. The van der Waals surface area contributed by atoms with Crippen LogP contribution in [0.2, 0.25) is 0 Å². The Balaban J connectivity index is 2.44. The maximum Gasteiger partial charge on any atom is 0.207 e. The fourth-order valence-corrected chi connectivity index (χ4v) is 3.14. The lowest BCUT2D eigenvalue weighted by molar-refractivity contribution is 0.104. The van der Waals surface area contributed by atoms with Gasteiger partial charge in [-0.3, -0.25) is 4.79 Å². The highest BCUT2D eigenvalue weighted by molar-refractivity contribution is 7.18. The highest BCUT2D eigenvalue weighted by atomic mass is 32.1. The van der Waals surface area contributed by atoms with Crippen LogP contribution in [-0.4, -0.2) is 38.1 Å². The molecule has 0 unspecified atom stereocenters. The number of carbonyl (C=O) groups is 1. The van der Waals surface area contributed by atoms with Gasteiger partial charge in [0.25, 0.3) is 0 Å². The second kappa shape index (κ2) is 7.39. The Bertz CT molecular complexity index is 718. The molecule has 0 saturated heterocycles. The van der Waals surface area contributed by atoms with E-state index in [1.165, 1.54) is 32.7 Å². The molecule has 7 nitrogen and oxygen atoms in total. The smallest absolute Gasteiger partial charge is 0.207 e. The van der Waals surface area contributed by atoms with Crippen LogP contribution in [0.4, 0.5) is 10.9 Å². The summed E-state index contributed by atoms with van der Waals surface area (Å²) in [5, 5.41) is 3.75. The zero-order valence-electron chi connectivity index (χ0n) is 14.3. The van der Waals surface area contributed by atoms with E-state index in [4.69, 9.17) is 19.9 Å². The monoisotopic (exact) mass is 351 g/mol. The summed E-state index contributed by atoms with van der Waals surface area (Å²) in [6, 6.07) is 3.39. The third-order valence-corrected chi connectivity index (χ3v) is 4.20. The molecular weight excluding hydrogens is 330 g/mol. The van der Waals surface area contributed by atoms with Crippen molar-refractivity contribution in [1.82, 2.24) is 4.98 Å². The number of anilines is 2. The number of hydrogen-bond acceptors (Lipinski definition) is 8. The van der Waals surface area contributed by atoms with E-state index in [0.29, 0.717) is 32.8 Å². The van der Waals surface area contributed by atoms with E-state index in [2.05, 4.69) is 10.3 Å². The van der Waals surface area contributed by atoms with E-state index in [0.717, 1.165) is 0 Å². The first-order valence-electron chi connectivity index (χ1n) is 7.28. The molecule has 1 aromatic carbocycles. The molecular formula is C16H21N3O4S. The minimum Gasteiger partial charge on any atom is -0.493 e. The Labute approximate surface area is 144 Å². The highest BCUT2D eigenvalue weighted by Gasteiger charge is 2.22. The van der Waals surface area contributed by atoms with Crippen molar-refractivity contribution in [3.05, 3.63) is 22.6 Å². The van der Waals surface area contributed by atoms with Crippen LogP contribution in [0, 0.1) is 0 Å². The molecule has 0 amide bonds. The van der Waals surface area contributed by atoms with Gasteiger partial charge >= 0.3 is 0 Å².